The van der Waals surface area contributed by atoms with Gasteiger partial charge in [-0.2, -0.15) is 0 Å². The zero-order valence-electron chi connectivity index (χ0n) is 14.1. The number of methoxy groups -OCH3 is 1. The molecule has 21 heavy (non-hydrogen) atoms. The van der Waals surface area contributed by atoms with Crippen molar-refractivity contribution in [3.05, 3.63) is 22.8 Å². The second kappa shape index (κ2) is 6.84. The maximum Gasteiger partial charge on any atom is 0.160 e. The van der Waals surface area contributed by atoms with Gasteiger partial charge in [-0.1, -0.05) is 6.92 Å². The molecule has 118 valence electrons. The zero-order valence-corrected chi connectivity index (χ0v) is 14.1. The van der Waals surface area contributed by atoms with Crippen LogP contribution < -0.4 is 5.32 Å². The lowest BCUT2D eigenvalue weighted by Crippen LogP contribution is -2.30. The molecule has 4 nitrogen and oxygen atoms in total. The van der Waals surface area contributed by atoms with Crippen LogP contribution in [-0.2, 0) is 23.2 Å². The number of aryl methyl sites for hydroxylation is 2. The quantitative estimate of drug-likeness (QED) is 0.819. The molecule has 1 atom stereocenters. The second-order valence-corrected chi connectivity index (χ2v) is 6.59. The Labute approximate surface area is 128 Å². The van der Waals surface area contributed by atoms with Gasteiger partial charge in [0.2, 0.25) is 0 Å². The van der Waals surface area contributed by atoms with Crippen molar-refractivity contribution in [2.45, 2.75) is 59.0 Å². The minimum Gasteiger partial charge on any atom is -0.371 e. The molecule has 1 aromatic heterocycles. The molecule has 0 saturated heterocycles. The minimum absolute atomic E-state index is 0.417. The second-order valence-electron chi connectivity index (χ2n) is 6.59. The van der Waals surface area contributed by atoms with Crippen molar-refractivity contribution >= 4 is 0 Å². The molecule has 1 N–H and O–H groups in total. The Kier molecular flexibility index (Phi) is 5.33. The topological polar surface area (TPSA) is 47.0 Å². The summed E-state index contributed by atoms with van der Waals surface area (Å²) in [5.74, 6) is 1.52. The van der Waals surface area contributed by atoms with E-state index in [9.17, 15) is 0 Å². The van der Waals surface area contributed by atoms with Crippen LogP contribution in [-0.4, -0.2) is 30.2 Å². The molecule has 0 radical (unpaired) electrons. The largest absolute Gasteiger partial charge is 0.371 e. The number of hydrogen-bond acceptors (Lipinski definition) is 4. The van der Waals surface area contributed by atoms with Gasteiger partial charge in [0.15, 0.2) is 5.82 Å². The van der Waals surface area contributed by atoms with E-state index in [0.29, 0.717) is 5.92 Å². The van der Waals surface area contributed by atoms with E-state index in [2.05, 4.69) is 19.2 Å². The van der Waals surface area contributed by atoms with Crippen molar-refractivity contribution in [3.8, 4) is 0 Å². The summed E-state index contributed by atoms with van der Waals surface area (Å²) in [6, 6.07) is 0. The summed E-state index contributed by atoms with van der Waals surface area (Å²) in [7, 11) is 1.72. The summed E-state index contributed by atoms with van der Waals surface area (Å²) in [6.07, 6.45) is 4.57. The molecule has 1 unspecified atom stereocenters. The summed E-state index contributed by atoms with van der Waals surface area (Å²) in [4.78, 5) is 9.49. The van der Waals surface area contributed by atoms with E-state index in [4.69, 9.17) is 14.7 Å². The lowest BCUT2D eigenvalue weighted by Gasteiger charge is -2.28. The molecule has 0 amide bonds. The molecular formula is C17H29N3O. The van der Waals surface area contributed by atoms with Gasteiger partial charge in [0.25, 0.3) is 0 Å². The first-order valence-corrected chi connectivity index (χ1v) is 8.10. The number of ether oxygens (including phenoxy) is 1. The third kappa shape index (κ3) is 3.80. The van der Waals surface area contributed by atoms with Crippen LogP contribution in [0, 0.1) is 12.8 Å². The van der Waals surface area contributed by atoms with E-state index in [1.165, 1.54) is 24.1 Å². The lowest BCUT2D eigenvalue weighted by molar-refractivity contribution is 0.0110. The highest BCUT2D eigenvalue weighted by molar-refractivity contribution is 5.29. The zero-order chi connectivity index (χ0) is 15.5. The van der Waals surface area contributed by atoms with Crippen molar-refractivity contribution in [2.24, 2.45) is 5.92 Å². The maximum atomic E-state index is 5.52. The summed E-state index contributed by atoms with van der Waals surface area (Å²) in [5.41, 5.74) is 3.30. The average Bonchev–Trinajstić information content (AvgIpc) is 2.48. The van der Waals surface area contributed by atoms with Gasteiger partial charge >= 0.3 is 0 Å². The van der Waals surface area contributed by atoms with Crippen molar-refractivity contribution in [3.63, 3.8) is 0 Å². The molecular weight excluding hydrogens is 262 g/mol. The van der Waals surface area contributed by atoms with Crippen molar-refractivity contribution in [1.82, 2.24) is 15.3 Å². The molecule has 0 aliphatic heterocycles. The van der Waals surface area contributed by atoms with Crippen LogP contribution in [0.3, 0.4) is 0 Å². The first-order valence-electron chi connectivity index (χ1n) is 8.10. The smallest absolute Gasteiger partial charge is 0.160 e. The Morgan fingerprint density at radius 1 is 1.33 bits per heavy atom. The molecule has 1 aromatic rings. The maximum absolute atomic E-state index is 5.52. The van der Waals surface area contributed by atoms with E-state index in [-0.39, 0.29) is 0 Å². The van der Waals surface area contributed by atoms with Crippen LogP contribution in [0.1, 0.15) is 56.4 Å². The van der Waals surface area contributed by atoms with Gasteiger partial charge in [-0.05, 0) is 71.0 Å². The molecule has 4 heteroatoms. The number of rotatable bonds is 6. The first-order chi connectivity index (χ1) is 9.97. The van der Waals surface area contributed by atoms with Crippen LogP contribution >= 0.6 is 0 Å². The fraction of sp³-hybridized carbons (Fsp3) is 0.765. The number of aromatic nitrogens is 2. The van der Waals surface area contributed by atoms with Crippen LogP contribution in [0.25, 0.3) is 0 Å². The molecule has 2 rings (SSSR count). The Morgan fingerprint density at radius 2 is 2.10 bits per heavy atom. The minimum atomic E-state index is -0.417. The normalized spacial score (nSPS) is 18.6. The van der Waals surface area contributed by atoms with Gasteiger partial charge in [-0.15, -0.1) is 0 Å². The van der Waals surface area contributed by atoms with Crippen molar-refractivity contribution in [1.29, 1.82) is 0 Å². The number of fused-ring (bicyclic) bond motifs is 1. The number of nitrogens with one attached hydrogen (secondary N) is 1. The first kappa shape index (κ1) is 16.4. The van der Waals surface area contributed by atoms with E-state index >= 15 is 0 Å². The number of hydrogen-bond donors (Lipinski definition) is 1. The van der Waals surface area contributed by atoms with Crippen LogP contribution in [0.2, 0.25) is 0 Å². The molecule has 1 aliphatic rings. The molecule has 0 bridgehead atoms. The van der Waals surface area contributed by atoms with Gasteiger partial charge in [-0.3, -0.25) is 0 Å². The van der Waals surface area contributed by atoms with Gasteiger partial charge in [0, 0.05) is 18.5 Å². The predicted octanol–water partition coefficient (Wildman–Crippen LogP) is 2.77. The Balaban J connectivity index is 2.15. The average molecular weight is 291 g/mol. The van der Waals surface area contributed by atoms with Crippen LogP contribution in [0.4, 0.5) is 0 Å². The summed E-state index contributed by atoms with van der Waals surface area (Å²) >= 11 is 0. The van der Waals surface area contributed by atoms with Gasteiger partial charge in [-0.25, -0.2) is 9.97 Å². The molecule has 1 aliphatic carbocycles. The van der Waals surface area contributed by atoms with E-state index in [0.717, 1.165) is 37.4 Å². The third-order valence-corrected chi connectivity index (χ3v) is 4.49. The molecule has 0 aromatic carbocycles. The van der Waals surface area contributed by atoms with E-state index in [1.807, 2.05) is 13.8 Å². The van der Waals surface area contributed by atoms with Gasteiger partial charge < -0.3 is 10.1 Å². The molecule has 0 saturated carbocycles. The Bertz CT molecular complexity index is 485. The number of nitrogens with zero attached hydrogens (tertiary/aromatic N) is 2. The Morgan fingerprint density at radius 3 is 2.76 bits per heavy atom. The van der Waals surface area contributed by atoms with Gasteiger partial charge in [0.1, 0.15) is 5.60 Å². The SMILES string of the molecule is CCCNCC1CCc2nc(C(C)(C)OC)nc(C)c2C1. The highest BCUT2D eigenvalue weighted by atomic mass is 16.5. The fourth-order valence-corrected chi connectivity index (χ4v) is 2.88. The standard InChI is InChI=1S/C17H29N3O/c1-6-9-18-11-13-7-8-15-14(10-13)12(2)19-16(20-15)17(3,4)21-5/h13,18H,6-11H2,1-5H3. The highest BCUT2D eigenvalue weighted by Gasteiger charge is 2.28. The predicted molar refractivity (Wildman–Crippen MR) is 85.5 cm³/mol. The Hall–Kier alpha value is -1.00. The molecule has 0 fully saturated rings. The van der Waals surface area contributed by atoms with Crippen LogP contribution in [0.15, 0.2) is 0 Å². The monoisotopic (exact) mass is 291 g/mol. The highest BCUT2D eigenvalue weighted by Crippen LogP contribution is 2.29. The van der Waals surface area contributed by atoms with Crippen LogP contribution in [0.5, 0.6) is 0 Å². The van der Waals surface area contributed by atoms with Gasteiger partial charge in [0.05, 0.1) is 0 Å². The lowest BCUT2D eigenvalue weighted by atomic mass is 9.85. The van der Waals surface area contributed by atoms with E-state index < -0.39 is 5.60 Å². The molecule has 1 heterocycles. The summed E-state index contributed by atoms with van der Waals surface area (Å²) in [6.45, 7) is 10.6. The third-order valence-electron chi connectivity index (χ3n) is 4.49. The van der Waals surface area contributed by atoms with Crippen molar-refractivity contribution in [2.75, 3.05) is 20.2 Å². The molecule has 0 spiro atoms. The summed E-state index contributed by atoms with van der Waals surface area (Å²) in [5, 5.41) is 3.54. The summed E-state index contributed by atoms with van der Waals surface area (Å²) < 4.78 is 5.52. The van der Waals surface area contributed by atoms with E-state index in [1.54, 1.807) is 7.11 Å². The fourth-order valence-electron chi connectivity index (χ4n) is 2.88. The van der Waals surface area contributed by atoms with Crippen molar-refractivity contribution < 1.29 is 4.74 Å².